The van der Waals surface area contributed by atoms with Gasteiger partial charge in [-0.3, -0.25) is 4.79 Å². The number of nitrogens with one attached hydrogen (secondary N) is 1. The number of aliphatic hydroxyl groups is 1. The summed E-state index contributed by atoms with van der Waals surface area (Å²) in [5.74, 6) is -1.92. The van der Waals surface area contributed by atoms with Gasteiger partial charge in [0.2, 0.25) is 5.79 Å². The first-order valence-electron chi connectivity index (χ1n) is 14.7. The van der Waals surface area contributed by atoms with E-state index in [0.717, 1.165) is 18.4 Å². The molecular weight excluding hydrogens is 526 g/mol. The minimum absolute atomic E-state index is 0.0523. The highest BCUT2D eigenvalue weighted by Gasteiger charge is 2.57. The van der Waals surface area contributed by atoms with Crippen LogP contribution in [0.15, 0.2) is 48.6 Å². The quantitative estimate of drug-likeness (QED) is 0.275. The van der Waals surface area contributed by atoms with Gasteiger partial charge in [-0.25, -0.2) is 0 Å². The van der Waals surface area contributed by atoms with E-state index in [1.807, 2.05) is 39.0 Å². The van der Waals surface area contributed by atoms with E-state index in [0.29, 0.717) is 0 Å². The molecule has 41 heavy (non-hydrogen) atoms. The van der Waals surface area contributed by atoms with E-state index in [-0.39, 0.29) is 48.8 Å². The molecule has 232 valence electrons. The summed E-state index contributed by atoms with van der Waals surface area (Å²) in [6, 6.07) is 0. The number of allylic oxidation sites excluding steroid dienone is 6. The number of methoxy groups -OCH3 is 2. The van der Waals surface area contributed by atoms with Gasteiger partial charge < -0.3 is 38.8 Å². The lowest BCUT2D eigenvalue weighted by Gasteiger charge is -2.54. The molecule has 0 aromatic rings. The Kier molecular flexibility index (Phi) is 11.9. The van der Waals surface area contributed by atoms with Gasteiger partial charge in [-0.2, -0.15) is 0 Å². The summed E-state index contributed by atoms with van der Waals surface area (Å²) in [6.07, 6.45) is 9.87. The van der Waals surface area contributed by atoms with Crippen LogP contribution in [0.3, 0.4) is 0 Å². The smallest absolute Gasteiger partial charge is 0.256 e. The standard InChI is InChI=1S/C32H51NO8/c1-10-11-12-13-14-15-16-20(2)17-24-31(6,7)28(36-8)25-26(40-24)30(39-19-38-25)33-29(35)27(34)32(37-9)18-21(3)22(4)23(5)41-32/h10-13,15-16,20,22-28,30,34H,3,14,17-19H2,1-2,4-9H3,(H,33,35)/b11-10+,13-12+,16-15+/t20-,22-,23-,24?,25?,26?,27?,28?,30?,32?/m1/s1. The molecule has 3 saturated heterocycles. The Labute approximate surface area is 245 Å². The van der Waals surface area contributed by atoms with Crippen LogP contribution in [0, 0.1) is 17.3 Å². The van der Waals surface area contributed by atoms with Gasteiger partial charge in [0.25, 0.3) is 5.91 Å². The molecule has 0 spiro atoms. The van der Waals surface area contributed by atoms with E-state index in [4.69, 9.17) is 28.4 Å². The summed E-state index contributed by atoms with van der Waals surface area (Å²) in [7, 11) is 3.09. The first-order valence-corrected chi connectivity index (χ1v) is 14.7. The average Bonchev–Trinajstić information content (AvgIpc) is 2.93. The number of rotatable bonds is 11. The minimum atomic E-state index is -1.62. The van der Waals surface area contributed by atoms with Gasteiger partial charge in [0.1, 0.15) is 19.0 Å². The molecule has 0 aromatic heterocycles. The van der Waals surface area contributed by atoms with Crippen molar-refractivity contribution < 1.29 is 38.3 Å². The maximum Gasteiger partial charge on any atom is 0.256 e. The monoisotopic (exact) mass is 577 g/mol. The Balaban J connectivity index is 1.74. The highest BCUT2D eigenvalue weighted by atomic mass is 16.7. The van der Waals surface area contributed by atoms with Crippen LogP contribution >= 0.6 is 0 Å². The fraction of sp³-hybridized carbons (Fsp3) is 0.719. The molecule has 3 aliphatic heterocycles. The molecule has 3 aliphatic rings. The molecule has 3 heterocycles. The maximum absolute atomic E-state index is 13.4. The number of hydrogen-bond acceptors (Lipinski definition) is 8. The summed E-state index contributed by atoms with van der Waals surface area (Å²) in [4.78, 5) is 13.4. The van der Waals surface area contributed by atoms with Crippen molar-refractivity contribution in [2.75, 3.05) is 21.0 Å². The van der Waals surface area contributed by atoms with Crippen LogP contribution in [0.5, 0.6) is 0 Å². The van der Waals surface area contributed by atoms with Crippen molar-refractivity contribution in [2.24, 2.45) is 17.3 Å². The van der Waals surface area contributed by atoms with Crippen LogP contribution in [-0.2, 0) is 33.2 Å². The van der Waals surface area contributed by atoms with E-state index in [9.17, 15) is 9.90 Å². The van der Waals surface area contributed by atoms with Gasteiger partial charge in [-0.05, 0) is 32.6 Å². The van der Waals surface area contributed by atoms with Crippen molar-refractivity contribution in [1.82, 2.24) is 5.32 Å². The lowest BCUT2D eigenvalue weighted by atomic mass is 9.71. The Morgan fingerprint density at radius 3 is 2.56 bits per heavy atom. The fourth-order valence-corrected chi connectivity index (χ4v) is 6.01. The summed E-state index contributed by atoms with van der Waals surface area (Å²) in [5.41, 5.74) is 0.471. The predicted octanol–water partition coefficient (Wildman–Crippen LogP) is 4.42. The molecule has 10 atom stereocenters. The molecule has 0 saturated carbocycles. The third kappa shape index (κ3) is 7.57. The van der Waals surface area contributed by atoms with Crippen molar-refractivity contribution in [3.8, 4) is 0 Å². The van der Waals surface area contributed by atoms with Crippen molar-refractivity contribution in [3.63, 3.8) is 0 Å². The maximum atomic E-state index is 13.4. The lowest BCUT2D eigenvalue weighted by Crippen LogP contribution is -2.69. The molecule has 0 aliphatic carbocycles. The molecule has 7 unspecified atom stereocenters. The number of carbonyl (C=O) groups excluding carboxylic acids is 1. The molecule has 3 rings (SSSR count). The topological polar surface area (TPSA) is 105 Å². The molecule has 9 nitrogen and oxygen atoms in total. The number of carbonyl (C=O) groups is 1. The van der Waals surface area contributed by atoms with Gasteiger partial charge >= 0.3 is 0 Å². The van der Waals surface area contributed by atoms with Crippen LogP contribution in [0.4, 0.5) is 0 Å². The average molecular weight is 578 g/mol. The van der Waals surface area contributed by atoms with Crippen LogP contribution in [0.2, 0.25) is 0 Å². The SMILES string of the molecule is C=C1CC(OC)(C(O)C(=O)NC2OCOC3C2OC(C[C@H](C)/C=C/C/C=C/C=C/C)C(C)(C)C3OC)O[C@H](C)[C@@H]1C. The number of hydrogen-bond donors (Lipinski definition) is 2. The largest absolute Gasteiger partial charge is 0.378 e. The molecular formula is C32H51NO8. The van der Waals surface area contributed by atoms with Gasteiger partial charge in [-0.1, -0.05) is 76.3 Å². The zero-order chi connectivity index (χ0) is 30.4. The van der Waals surface area contributed by atoms with Gasteiger partial charge in [-0.15, -0.1) is 0 Å². The van der Waals surface area contributed by atoms with Crippen LogP contribution < -0.4 is 5.32 Å². The number of aliphatic hydroxyl groups excluding tert-OH is 1. The zero-order valence-electron chi connectivity index (χ0n) is 26.0. The Bertz CT molecular complexity index is 977. The second-order valence-electron chi connectivity index (χ2n) is 12.1. The third-order valence-electron chi connectivity index (χ3n) is 8.83. The van der Waals surface area contributed by atoms with Crippen molar-refractivity contribution in [2.45, 2.75) is 109 Å². The highest BCUT2D eigenvalue weighted by Crippen LogP contribution is 2.44. The second kappa shape index (κ2) is 14.6. The number of ether oxygens (including phenoxy) is 6. The molecule has 2 N–H and O–H groups in total. The Morgan fingerprint density at radius 1 is 1.20 bits per heavy atom. The minimum Gasteiger partial charge on any atom is -0.378 e. The highest BCUT2D eigenvalue weighted by molar-refractivity contribution is 5.82. The Hall–Kier alpha value is -1.85. The van der Waals surface area contributed by atoms with Crippen LogP contribution in [-0.4, -0.2) is 80.7 Å². The van der Waals surface area contributed by atoms with E-state index < -0.39 is 36.2 Å². The van der Waals surface area contributed by atoms with Gasteiger partial charge in [0.05, 0.1) is 18.3 Å². The van der Waals surface area contributed by atoms with Crippen molar-refractivity contribution in [1.29, 1.82) is 0 Å². The lowest BCUT2D eigenvalue weighted by molar-refractivity contribution is -0.332. The summed E-state index contributed by atoms with van der Waals surface area (Å²) in [6.45, 7) is 16.3. The van der Waals surface area contributed by atoms with E-state index >= 15 is 0 Å². The fourth-order valence-electron chi connectivity index (χ4n) is 6.01. The van der Waals surface area contributed by atoms with Crippen molar-refractivity contribution in [3.05, 3.63) is 48.6 Å². The number of amides is 1. The van der Waals surface area contributed by atoms with Crippen molar-refractivity contribution >= 4 is 5.91 Å². The normalized spacial score (nSPS) is 37.4. The van der Waals surface area contributed by atoms with Gasteiger partial charge in [0, 0.05) is 32.0 Å². The molecule has 1 amide bonds. The Morgan fingerprint density at radius 2 is 1.93 bits per heavy atom. The van der Waals surface area contributed by atoms with Gasteiger partial charge in [0.15, 0.2) is 12.3 Å². The summed E-state index contributed by atoms with van der Waals surface area (Å²) in [5, 5.41) is 14.0. The van der Waals surface area contributed by atoms with E-state index in [2.05, 4.69) is 50.9 Å². The first-order chi connectivity index (χ1) is 19.4. The van der Waals surface area contributed by atoms with Crippen LogP contribution in [0.1, 0.15) is 60.8 Å². The second-order valence-corrected chi connectivity index (χ2v) is 12.1. The van der Waals surface area contributed by atoms with E-state index in [1.165, 1.54) is 7.11 Å². The number of fused-ring (bicyclic) bond motifs is 1. The molecule has 9 heteroatoms. The zero-order valence-corrected chi connectivity index (χ0v) is 26.0. The molecule has 0 radical (unpaired) electrons. The summed E-state index contributed by atoms with van der Waals surface area (Å²) < 4.78 is 36.1. The van der Waals surface area contributed by atoms with E-state index in [1.54, 1.807) is 7.11 Å². The first kappa shape index (κ1) is 33.6. The molecule has 0 bridgehead atoms. The summed E-state index contributed by atoms with van der Waals surface area (Å²) >= 11 is 0. The third-order valence-corrected chi connectivity index (χ3v) is 8.83. The predicted molar refractivity (Wildman–Crippen MR) is 157 cm³/mol. The van der Waals surface area contributed by atoms with Crippen LogP contribution in [0.25, 0.3) is 0 Å². The molecule has 3 fully saturated rings. The molecule has 0 aromatic carbocycles.